The molecule has 0 atom stereocenters. The largest absolute Gasteiger partial charge is 0.424 e. The van der Waals surface area contributed by atoms with Gasteiger partial charge in [-0.25, -0.2) is 9.59 Å². The summed E-state index contributed by atoms with van der Waals surface area (Å²) >= 11 is 0. The van der Waals surface area contributed by atoms with Crippen molar-refractivity contribution < 1.29 is 23.5 Å². The molecule has 23 heavy (non-hydrogen) atoms. The van der Waals surface area contributed by atoms with E-state index in [1.165, 1.54) is 0 Å². The van der Waals surface area contributed by atoms with Crippen LogP contribution in [0, 0.1) is 0 Å². The molecule has 6 heteroatoms. The third-order valence-corrected chi connectivity index (χ3v) is 5.69. The SMILES string of the molecule is CCO[SiH2]CCCc1ccc2c(c1C(C)(C)OC)C(=O)OC2=O. The molecule has 0 saturated carbocycles. The highest BCUT2D eigenvalue weighted by Crippen LogP contribution is 2.36. The Balaban J connectivity index is 2.34. The van der Waals surface area contributed by atoms with Gasteiger partial charge < -0.3 is 13.9 Å². The first-order chi connectivity index (χ1) is 10.9. The number of aryl methyl sites for hydroxylation is 1. The van der Waals surface area contributed by atoms with Crippen molar-refractivity contribution in [1.29, 1.82) is 0 Å². The lowest BCUT2D eigenvalue weighted by atomic mass is 9.85. The van der Waals surface area contributed by atoms with Gasteiger partial charge in [0.1, 0.15) is 0 Å². The van der Waals surface area contributed by atoms with Gasteiger partial charge in [-0.2, -0.15) is 0 Å². The number of hydrogen-bond donors (Lipinski definition) is 0. The third-order valence-electron chi connectivity index (χ3n) is 4.20. The molecule has 0 radical (unpaired) electrons. The molecule has 0 saturated heterocycles. The molecule has 0 N–H and O–H groups in total. The highest BCUT2D eigenvalue weighted by molar-refractivity contribution is 6.26. The second-order valence-corrected chi connectivity index (χ2v) is 7.59. The zero-order valence-corrected chi connectivity index (χ0v) is 15.6. The lowest BCUT2D eigenvalue weighted by Crippen LogP contribution is -2.25. The predicted molar refractivity (Wildman–Crippen MR) is 89.5 cm³/mol. The Morgan fingerprint density at radius 3 is 2.61 bits per heavy atom. The molecule has 0 aromatic heterocycles. The molecule has 1 aromatic rings. The molecule has 0 spiro atoms. The van der Waals surface area contributed by atoms with E-state index in [9.17, 15) is 9.59 Å². The maximum Gasteiger partial charge on any atom is 0.347 e. The zero-order chi connectivity index (χ0) is 17.0. The number of esters is 2. The zero-order valence-electron chi connectivity index (χ0n) is 14.2. The van der Waals surface area contributed by atoms with Gasteiger partial charge in [-0.15, -0.1) is 0 Å². The van der Waals surface area contributed by atoms with Crippen molar-refractivity contribution in [2.45, 2.75) is 45.3 Å². The molecule has 0 amide bonds. The van der Waals surface area contributed by atoms with Crippen LogP contribution in [0.4, 0.5) is 0 Å². The molecule has 2 rings (SSSR count). The van der Waals surface area contributed by atoms with Gasteiger partial charge in [0, 0.05) is 19.3 Å². The molecule has 1 aliphatic rings. The van der Waals surface area contributed by atoms with Crippen LogP contribution in [0.2, 0.25) is 6.04 Å². The summed E-state index contributed by atoms with van der Waals surface area (Å²) in [6, 6.07) is 4.69. The standard InChI is InChI=1S/C17H24O5Si/c1-5-21-23-10-6-7-11-8-9-12-13(16(19)22-15(12)18)14(11)17(2,3)20-4/h8-9H,5-7,10,23H2,1-4H3. The Kier molecular flexibility index (Phi) is 5.72. The maximum atomic E-state index is 12.1. The summed E-state index contributed by atoms with van der Waals surface area (Å²) in [7, 11) is 1.14. The van der Waals surface area contributed by atoms with Gasteiger partial charge in [-0.05, 0) is 51.3 Å². The number of rotatable bonds is 8. The normalized spacial score (nSPS) is 14.6. The van der Waals surface area contributed by atoms with Gasteiger partial charge in [-0.1, -0.05) is 6.07 Å². The molecule has 0 fully saturated rings. The number of hydrogen-bond acceptors (Lipinski definition) is 5. The third kappa shape index (κ3) is 3.71. The van der Waals surface area contributed by atoms with Crippen LogP contribution in [-0.2, 0) is 25.9 Å². The van der Waals surface area contributed by atoms with Crippen molar-refractivity contribution in [1.82, 2.24) is 0 Å². The van der Waals surface area contributed by atoms with Crippen molar-refractivity contribution in [3.8, 4) is 0 Å². The second kappa shape index (κ2) is 7.38. The van der Waals surface area contributed by atoms with Crippen LogP contribution in [0.15, 0.2) is 12.1 Å². The van der Waals surface area contributed by atoms with Gasteiger partial charge in [0.05, 0.1) is 16.7 Å². The first-order valence-corrected chi connectivity index (χ1v) is 9.55. The summed E-state index contributed by atoms with van der Waals surface area (Å²) in [4.78, 5) is 23.9. The molecule has 0 bridgehead atoms. The highest BCUT2D eigenvalue weighted by Gasteiger charge is 2.38. The minimum absolute atomic E-state index is 0.336. The topological polar surface area (TPSA) is 61.8 Å². The number of methoxy groups -OCH3 is 1. The molecule has 1 heterocycles. The predicted octanol–water partition coefficient (Wildman–Crippen LogP) is 2.35. The molecular weight excluding hydrogens is 312 g/mol. The minimum atomic E-state index is -0.665. The summed E-state index contributed by atoms with van der Waals surface area (Å²) < 4.78 is 15.9. The Labute approximate surface area is 139 Å². The van der Waals surface area contributed by atoms with E-state index in [-0.39, 0.29) is 0 Å². The summed E-state index contributed by atoms with van der Waals surface area (Å²) in [6.07, 6.45) is 1.83. The van der Waals surface area contributed by atoms with E-state index in [1.54, 1.807) is 13.2 Å². The van der Waals surface area contributed by atoms with Crippen LogP contribution >= 0.6 is 0 Å². The maximum absolute atomic E-state index is 12.1. The van der Waals surface area contributed by atoms with E-state index in [2.05, 4.69) is 0 Å². The minimum Gasteiger partial charge on any atom is -0.424 e. The molecule has 1 aromatic carbocycles. The van der Waals surface area contributed by atoms with E-state index in [0.29, 0.717) is 11.1 Å². The van der Waals surface area contributed by atoms with Gasteiger partial charge in [0.2, 0.25) is 0 Å². The Bertz CT molecular complexity index is 609. The average Bonchev–Trinajstić information content (AvgIpc) is 2.81. The van der Waals surface area contributed by atoms with E-state index >= 15 is 0 Å². The van der Waals surface area contributed by atoms with E-state index in [1.807, 2.05) is 26.8 Å². The molecule has 0 aliphatic carbocycles. The molecular formula is C17H24O5Si. The average molecular weight is 336 g/mol. The first kappa shape index (κ1) is 17.8. The number of carbonyl (C=O) groups is 2. The number of carbonyl (C=O) groups excluding carboxylic acids is 2. The number of benzene rings is 1. The fraction of sp³-hybridized carbons (Fsp3) is 0.529. The van der Waals surface area contributed by atoms with Gasteiger partial charge in [-0.3, -0.25) is 0 Å². The van der Waals surface area contributed by atoms with Crippen molar-refractivity contribution >= 4 is 21.7 Å². The van der Waals surface area contributed by atoms with E-state index in [4.69, 9.17) is 13.9 Å². The van der Waals surface area contributed by atoms with Gasteiger partial charge in [0.15, 0.2) is 9.76 Å². The molecule has 0 unspecified atom stereocenters. The van der Waals surface area contributed by atoms with E-state index < -0.39 is 27.3 Å². The van der Waals surface area contributed by atoms with Crippen LogP contribution in [0.5, 0.6) is 0 Å². The Morgan fingerprint density at radius 2 is 1.96 bits per heavy atom. The summed E-state index contributed by atoms with van der Waals surface area (Å²) in [5.74, 6) is -1.15. The number of ether oxygens (including phenoxy) is 2. The van der Waals surface area contributed by atoms with Crippen molar-refractivity contribution in [3.63, 3.8) is 0 Å². The Hall–Kier alpha value is -1.50. The summed E-state index contributed by atoms with van der Waals surface area (Å²) in [6.45, 7) is 6.59. The van der Waals surface area contributed by atoms with Crippen LogP contribution in [0.1, 0.15) is 59.0 Å². The molecule has 5 nitrogen and oxygen atoms in total. The van der Waals surface area contributed by atoms with Gasteiger partial charge >= 0.3 is 11.9 Å². The van der Waals surface area contributed by atoms with Crippen LogP contribution in [0.3, 0.4) is 0 Å². The fourth-order valence-corrected chi connectivity index (χ4v) is 3.83. The van der Waals surface area contributed by atoms with Gasteiger partial charge in [0.25, 0.3) is 0 Å². The van der Waals surface area contributed by atoms with Crippen LogP contribution < -0.4 is 0 Å². The molecule has 1 aliphatic heterocycles. The molecule has 126 valence electrons. The summed E-state index contributed by atoms with van der Waals surface area (Å²) in [5, 5.41) is 0. The second-order valence-electron chi connectivity index (χ2n) is 6.07. The lowest BCUT2D eigenvalue weighted by Gasteiger charge is -2.28. The highest BCUT2D eigenvalue weighted by atomic mass is 28.2. The lowest BCUT2D eigenvalue weighted by molar-refractivity contribution is 0.0168. The van der Waals surface area contributed by atoms with Crippen molar-refractivity contribution in [2.75, 3.05) is 13.7 Å². The monoisotopic (exact) mass is 336 g/mol. The fourth-order valence-electron chi connectivity index (χ4n) is 2.88. The first-order valence-electron chi connectivity index (χ1n) is 7.98. The smallest absolute Gasteiger partial charge is 0.347 e. The quantitative estimate of drug-likeness (QED) is 0.316. The van der Waals surface area contributed by atoms with E-state index in [0.717, 1.165) is 36.6 Å². The summed E-state index contributed by atoms with van der Waals surface area (Å²) in [5.41, 5.74) is 1.84. The van der Waals surface area contributed by atoms with Crippen molar-refractivity contribution in [2.24, 2.45) is 0 Å². The van der Waals surface area contributed by atoms with Crippen LogP contribution in [0.25, 0.3) is 0 Å². The number of fused-ring (bicyclic) bond motifs is 1. The number of cyclic esters (lactones) is 2. The van der Waals surface area contributed by atoms with Crippen LogP contribution in [-0.4, -0.2) is 35.4 Å². The Morgan fingerprint density at radius 1 is 1.22 bits per heavy atom. The van der Waals surface area contributed by atoms with Crippen molar-refractivity contribution in [3.05, 3.63) is 34.4 Å².